The lowest BCUT2D eigenvalue weighted by molar-refractivity contribution is -0.276. The van der Waals surface area contributed by atoms with Crippen LogP contribution in [-0.4, -0.2) is 65.5 Å². The first-order chi connectivity index (χ1) is 23.5. The Labute approximate surface area is 282 Å². The maximum atomic E-state index is 11.5. The fourth-order valence-corrected chi connectivity index (χ4v) is 5.83. The Kier molecular flexibility index (Phi) is 13.7. The maximum absolute atomic E-state index is 11.5. The number of carbonyl (C=O) groups is 1. The van der Waals surface area contributed by atoms with Crippen molar-refractivity contribution in [3.63, 3.8) is 0 Å². The first-order valence-corrected chi connectivity index (χ1v) is 16.4. The number of hydrogen-bond donors (Lipinski definition) is 3. The van der Waals surface area contributed by atoms with Gasteiger partial charge in [0.05, 0.1) is 45.2 Å². The molecule has 0 bridgehead atoms. The highest BCUT2D eigenvalue weighted by Gasteiger charge is 2.49. The molecule has 5 rings (SSSR count). The summed E-state index contributed by atoms with van der Waals surface area (Å²) in [6.07, 6.45) is -4.34. The topological polar surface area (TPSA) is 130 Å². The molecular formula is C39H45NO8. The molecule has 1 heterocycles. The van der Waals surface area contributed by atoms with E-state index in [9.17, 15) is 15.0 Å². The lowest BCUT2D eigenvalue weighted by atomic mass is 9.90. The van der Waals surface area contributed by atoms with Gasteiger partial charge in [0.2, 0.25) is 0 Å². The molecule has 7 atom stereocenters. The van der Waals surface area contributed by atoms with Gasteiger partial charge in [-0.3, -0.25) is 4.79 Å². The van der Waals surface area contributed by atoms with E-state index >= 15 is 0 Å². The van der Waals surface area contributed by atoms with Crippen molar-refractivity contribution in [3.8, 4) is 0 Å². The molecule has 9 heteroatoms. The molecule has 254 valence electrons. The van der Waals surface area contributed by atoms with Gasteiger partial charge in [0.25, 0.3) is 0 Å². The molecule has 0 unspecified atom stereocenters. The zero-order valence-corrected chi connectivity index (χ0v) is 27.0. The lowest BCUT2D eigenvalue weighted by Crippen LogP contribution is -2.61. The van der Waals surface area contributed by atoms with E-state index in [4.69, 9.17) is 29.4 Å². The first-order valence-electron chi connectivity index (χ1n) is 16.4. The molecule has 1 saturated heterocycles. The number of rotatable bonds is 18. The van der Waals surface area contributed by atoms with Gasteiger partial charge < -0.3 is 39.6 Å². The Bertz CT molecular complexity index is 1480. The largest absolute Gasteiger partial charge is 0.480 e. The normalized spacial score (nSPS) is 22.2. The van der Waals surface area contributed by atoms with Gasteiger partial charge in [0.1, 0.15) is 30.5 Å². The summed E-state index contributed by atoms with van der Waals surface area (Å²) in [6.45, 7) is 1.42. The third kappa shape index (κ3) is 10.8. The SMILES string of the molecule is N[C@@H](C[C@H](O)C[C@H]1O[C@H](COCc2ccccc2)[C@@H](OCc2ccccc2)[C@H](OCc2ccccc2)[C@@H]1OCc1ccccc1)C(=O)O. The second kappa shape index (κ2) is 18.6. The van der Waals surface area contributed by atoms with Crippen molar-refractivity contribution in [2.24, 2.45) is 5.73 Å². The summed E-state index contributed by atoms with van der Waals surface area (Å²) in [7, 11) is 0. The van der Waals surface area contributed by atoms with Crippen molar-refractivity contribution in [3.05, 3.63) is 144 Å². The van der Waals surface area contributed by atoms with E-state index in [-0.39, 0.29) is 26.1 Å². The third-order valence-corrected chi connectivity index (χ3v) is 8.33. The molecule has 0 amide bonds. The predicted molar refractivity (Wildman–Crippen MR) is 181 cm³/mol. The van der Waals surface area contributed by atoms with Crippen LogP contribution in [0.1, 0.15) is 35.1 Å². The van der Waals surface area contributed by atoms with Crippen LogP contribution < -0.4 is 5.73 Å². The average molecular weight is 656 g/mol. The number of aliphatic carboxylic acids is 1. The minimum Gasteiger partial charge on any atom is -0.480 e. The smallest absolute Gasteiger partial charge is 0.320 e. The number of nitrogens with two attached hydrogens (primary N) is 1. The van der Waals surface area contributed by atoms with Crippen LogP contribution in [0.5, 0.6) is 0 Å². The predicted octanol–water partition coefficient (Wildman–Crippen LogP) is 5.28. The van der Waals surface area contributed by atoms with Crippen molar-refractivity contribution >= 4 is 5.97 Å². The first kappa shape index (κ1) is 35.4. The van der Waals surface area contributed by atoms with Crippen molar-refractivity contribution in [2.75, 3.05) is 6.61 Å². The van der Waals surface area contributed by atoms with E-state index in [1.807, 2.05) is 121 Å². The van der Waals surface area contributed by atoms with Crippen molar-refractivity contribution in [1.29, 1.82) is 0 Å². The minimum atomic E-state index is -1.22. The Morgan fingerprint density at radius 3 is 1.46 bits per heavy atom. The van der Waals surface area contributed by atoms with Gasteiger partial charge in [-0.25, -0.2) is 0 Å². The molecule has 4 aromatic carbocycles. The molecule has 0 saturated carbocycles. The monoisotopic (exact) mass is 655 g/mol. The van der Waals surface area contributed by atoms with Crippen LogP contribution in [0.4, 0.5) is 0 Å². The molecule has 9 nitrogen and oxygen atoms in total. The number of aliphatic hydroxyl groups is 1. The van der Waals surface area contributed by atoms with E-state index in [0.29, 0.717) is 19.8 Å². The maximum Gasteiger partial charge on any atom is 0.320 e. The summed E-state index contributed by atoms with van der Waals surface area (Å²) in [5.74, 6) is -1.18. The molecule has 0 radical (unpaired) electrons. The van der Waals surface area contributed by atoms with Gasteiger partial charge in [-0.15, -0.1) is 0 Å². The van der Waals surface area contributed by atoms with Gasteiger partial charge in [-0.05, 0) is 28.7 Å². The molecule has 4 aromatic rings. The van der Waals surface area contributed by atoms with Crippen LogP contribution in [0, 0.1) is 0 Å². The number of ether oxygens (including phenoxy) is 5. The average Bonchev–Trinajstić information content (AvgIpc) is 3.11. The summed E-state index contributed by atoms with van der Waals surface area (Å²) in [6, 6.07) is 38.2. The zero-order chi connectivity index (χ0) is 33.6. The quantitative estimate of drug-likeness (QED) is 0.131. The summed E-state index contributed by atoms with van der Waals surface area (Å²) in [5, 5.41) is 20.5. The van der Waals surface area contributed by atoms with Crippen molar-refractivity contribution in [1.82, 2.24) is 0 Å². The molecule has 0 aliphatic carbocycles. The van der Waals surface area contributed by atoms with Crippen LogP contribution in [0.25, 0.3) is 0 Å². The number of hydrogen-bond acceptors (Lipinski definition) is 8. The van der Waals surface area contributed by atoms with E-state index in [1.165, 1.54) is 0 Å². The third-order valence-electron chi connectivity index (χ3n) is 8.33. The van der Waals surface area contributed by atoms with Crippen LogP contribution in [0.3, 0.4) is 0 Å². The van der Waals surface area contributed by atoms with Crippen molar-refractivity contribution in [2.45, 2.75) is 81.9 Å². The second-order valence-electron chi connectivity index (χ2n) is 12.1. The van der Waals surface area contributed by atoms with Crippen molar-refractivity contribution < 1.29 is 38.7 Å². The highest BCUT2D eigenvalue weighted by Crippen LogP contribution is 2.33. The van der Waals surface area contributed by atoms with Crippen LogP contribution in [-0.2, 0) is 54.9 Å². The molecular weight excluding hydrogens is 610 g/mol. The Balaban J connectivity index is 1.45. The van der Waals surface area contributed by atoms with Gasteiger partial charge in [0.15, 0.2) is 0 Å². The molecule has 48 heavy (non-hydrogen) atoms. The van der Waals surface area contributed by atoms with Gasteiger partial charge in [-0.1, -0.05) is 121 Å². The Hall–Kier alpha value is -3.93. The molecule has 1 aliphatic rings. The number of benzene rings is 4. The molecule has 0 spiro atoms. The summed E-state index contributed by atoms with van der Waals surface area (Å²) < 4.78 is 32.9. The molecule has 0 aromatic heterocycles. The Morgan fingerprint density at radius 1 is 0.625 bits per heavy atom. The van der Waals surface area contributed by atoms with E-state index in [2.05, 4.69) is 0 Å². The number of aliphatic hydroxyl groups excluding tert-OH is 1. The summed E-state index contributed by atoms with van der Waals surface area (Å²) in [5.41, 5.74) is 9.75. The summed E-state index contributed by atoms with van der Waals surface area (Å²) >= 11 is 0. The van der Waals surface area contributed by atoms with Gasteiger partial charge in [-0.2, -0.15) is 0 Å². The van der Waals surface area contributed by atoms with Crippen LogP contribution >= 0.6 is 0 Å². The Morgan fingerprint density at radius 2 is 1.02 bits per heavy atom. The molecule has 1 aliphatic heterocycles. The highest BCUT2D eigenvalue weighted by atomic mass is 16.6. The standard InChI is InChI=1S/C39H45NO8/c40-33(39(42)43)21-32(41)22-34-36(45-24-29-15-7-2-8-16-29)38(47-26-31-19-11-4-12-20-31)37(46-25-30-17-9-3-10-18-30)35(48-34)27-44-23-28-13-5-1-6-14-28/h1-20,32-38,41H,21-27,40H2,(H,42,43)/t32-,33-,34+,35+,36+,37+,38+/m0/s1. The van der Waals surface area contributed by atoms with Crippen LogP contribution in [0.2, 0.25) is 0 Å². The second-order valence-corrected chi connectivity index (χ2v) is 12.1. The molecule has 4 N–H and O–H groups in total. The van der Waals surface area contributed by atoms with E-state index in [1.54, 1.807) is 0 Å². The highest BCUT2D eigenvalue weighted by molar-refractivity contribution is 5.73. The van der Waals surface area contributed by atoms with E-state index < -0.39 is 48.6 Å². The fraction of sp³-hybridized carbons (Fsp3) is 0.359. The van der Waals surface area contributed by atoms with Gasteiger partial charge in [0, 0.05) is 6.42 Å². The number of carboxylic acids is 1. The van der Waals surface area contributed by atoms with E-state index in [0.717, 1.165) is 22.3 Å². The summed E-state index contributed by atoms with van der Waals surface area (Å²) in [4.78, 5) is 11.5. The lowest BCUT2D eigenvalue weighted by Gasteiger charge is -2.47. The van der Waals surface area contributed by atoms with Crippen LogP contribution in [0.15, 0.2) is 121 Å². The minimum absolute atomic E-state index is 0.0756. The fourth-order valence-electron chi connectivity index (χ4n) is 5.83. The zero-order valence-electron chi connectivity index (χ0n) is 27.0. The van der Waals surface area contributed by atoms with Gasteiger partial charge >= 0.3 is 5.97 Å². The number of carboxylic acid groups (broad SMARTS) is 1. The molecule has 1 fully saturated rings.